The molecule has 1 fully saturated rings. The Morgan fingerprint density at radius 1 is 0.721 bits per heavy atom. The smallest absolute Gasteiger partial charge is 0.472 e. The highest BCUT2D eigenvalue weighted by atomic mass is 31.2. The summed E-state index contributed by atoms with van der Waals surface area (Å²) in [5.74, 6) is -2.91. The van der Waals surface area contributed by atoms with E-state index in [-0.39, 0.29) is 24.7 Å². The summed E-state index contributed by atoms with van der Waals surface area (Å²) in [6, 6.07) is -1.56. The second-order valence-corrected chi connectivity index (χ2v) is 18.0. The number of esters is 2. The van der Waals surface area contributed by atoms with Crippen LogP contribution in [0, 0.1) is 11.8 Å². The van der Waals surface area contributed by atoms with E-state index in [1.807, 2.05) is 6.08 Å². The monoisotopic (exact) mass is 888 g/mol. The van der Waals surface area contributed by atoms with Crippen LogP contribution in [0.15, 0.2) is 36.5 Å². The molecule has 7 N–H and O–H groups in total. The number of allylic oxidation sites excluding steroid dienone is 4. The van der Waals surface area contributed by atoms with Gasteiger partial charge in [-0.3, -0.25) is 23.4 Å². The maximum absolute atomic E-state index is 12.8. The van der Waals surface area contributed by atoms with Crippen molar-refractivity contribution < 1.29 is 62.8 Å². The lowest BCUT2D eigenvalue weighted by Crippen LogP contribution is -2.34. The lowest BCUT2D eigenvalue weighted by atomic mass is 9.88. The number of carbonyl (C=O) groups excluding carboxylic acids is 2. The summed E-state index contributed by atoms with van der Waals surface area (Å²) >= 11 is 0. The molecule has 0 aromatic rings. The van der Waals surface area contributed by atoms with Gasteiger partial charge in [0.05, 0.1) is 31.5 Å². The van der Waals surface area contributed by atoms with E-state index in [1.165, 1.54) is 32.1 Å². The molecule has 0 bridgehead atoms. The van der Waals surface area contributed by atoms with E-state index >= 15 is 0 Å². The van der Waals surface area contributed by atoms with Crippen LogP contribution < -0.4 is 5.73 Å². The summed E-state index contributed by atoms with van der Waals surface area (Å²) in [5.41, 5.74) is 5.34. The van der Waals surface area contributed by atoms with E-state index in [0.29, 0.717) is 38.5 Å². The van der Waals surface area contributed by atoms with Gasteiger partial charge in [-0.15, -0.1) is 0 Å². The van der Waals surface area contributed by atoms with Crippen molar-refractivity contribution in [1.82, 2.24) is 0 Å². The Labute approximate surface area is 366 Å². The first-order valence-corrected chi connectivity index (χ1v) is 24.8. The van der Waals surface area contributed by atoms with Gasteiger partial charge in [0.25, 0.3) is 0 Å². The molecule has 14 nitrogen and oxygen atoms in total. The Morgan fingerprint density at radius 3 is 1.92 bits per heavy atom. The van der Waals surface area contributed by atoms with E-state index in [4.69, 9.17) is 24.8 Å². The number of carboxylic acid groups (broad SMARTS) is 1. The molecule has 0 spiro atoms. The van der Waals surface area contributed by atoms with Gasteiger partial charge in [0, 0.05) is 25.2 Å². The number of unbranched alkanes of at least 4 members (excludes halogenated alkanes) is 15. The lowest BCUT2D eigenvalue weighted by molar-refractivity contribution is -0.161. The molecular weight excluding hydrogens is 805 g/mol. The van der Waals surface area contributed by atoms with Crippen molar-refractivity contribution in [1.29, 1.82) is 0 Å². The second-order valence-electron chi connectivity index (χ2n) is 16.5. The van der Waals surface area contributed by atoms with Crippen LogP contribution in [0.3, 0.4) is 0 Å². The number of nitrogens with two attached hydrogens (primary N) is 1. The highest BCUT2D eigenvalue weighted by Gasteiger charge is 2.39. The highest BCUT2D eigenvalue weighted by Crippen LogP contribution is 2.43. The van der Waals surface area contributed by atoms with Gasteiger partial charge in [-0.1, -0.05) is 134 Å². The number of ether oxygens (including phenoxy) is 2. The third-order valence-electron chi connectivity index (χ3n) is 11.0. The molecule has 1 aliphatic rings. The summed E-state index contributed by atoms with van der Waals surface area (Å²) < 4.78 is 32.8. The molecule has 354 valence electrons. The van der Waals surface area contributed by atoms with Gasteiger partial charge in [0.1, 0.15) is 12.6 Å². The number of phosphoric acid groups is 1. The van der Waals surface area contributed by atoms with Crippen LogP contribution in [-0.4, -0.2) is 93.5 Å². The number of hydrogen-bond acceptors (Lipinski definition) is 12. The normalized spacial score (nSPS) is 20.6. The van der Waals surface area contributed by atoms with Crippen molar-refractivity contribution in [3.63, 3.8) is 0 Å². The van der Waals surface area contributed by atoms with Gasteiger partial charge in [-0.25, -0.2) is 4.57 Å². The van der Waals surface area contributed by atoms with Crippen LogP contribution >= 0.6 is 7.82 Å². The summed E-state index contributed by atoms with van der Waals surface area (Å²) in [6.45, 7) is 2.46. The summed E-state index contributed by atoms with van der Waals surface area (Å²) in [5, 5.41) is 40.3. The third-order valence-corrected chi connectivity index (χ3v) is 11.9. The average molecular weight is 888 g/mol. The van der Waals surface area contributed by atoms with Gasteiger partial charge in [0.15, 0.2) is 6.10 Å². The van der Waals surface area contributed by atoms with Crippen LogP contribution in [0.2, 0.25) is 0 Å². The summed E-state index contributed by atoms with van der Waals surface area (Å²) in [7, 11) is -4.78. The molecule has 1 unspecified atom stereocenters. The zero-order chi connectivity index (χ0) is 45.1. The predicted molar refractivity (Wildman–Crippen MR) is 237 cm³/mol. The summed E-state index contributed by atoms with van der Waals surface area (Å²) in [4.78, 5) is 46.3. The third kappa shape index (κ3) is 30.3. The minimum atomic E-state index is -4.78. The molecule has 0 aliphatic heterocycles. The minimum absolute atomic E-state index is 0.0325. The molecule has 0 amide bonds. The summed E-state index contributed by atoms with van der Waals surface area (Å²) in [6.07, 6.45) is 31.2. The van der Waals surface area contributed by atoms with Gasteiger partial charge in [-0.05, 0) is 63.7 Å². The lowest BCUT2D eigenvalue weighted by Gasteiger charge is -2.21. The van der Waals surface area contributed by atoms with Crippen molar-refractivity contribution in [3.05, 3.63) is 36.5 Å². The number of carbonyl (C=O) groups is 3. The fourth-order valence-corrected chi connectivity index (χ4v) is 8.03. The zero-order valence-electron chi connectivity index (χ0n) is 37.3. The van der Waals surface area contributed by atoms with Gasteiger partial charge in [-0.2, -0.15) is 0 Å². The van der Waals surface area contributed by atoms with Crippen molar-refractivity contribution >= 4 is 25.7 Å². The molecule has 0 aromatic carbocycles. The maximum atomic E-state index is 12.8. The fourth-order valence-electron chi connectivity index (χ4n) is 7.25. The molecule has 1 saturated carbocycles. The van der Waals surface area contributed by atoms with Crippen LogP contribution in [0.25, 0.3) is 0 Å². The largest absolute Gasteiger partial charge is 0.480 e. The molecule has 1 aliphatic carbocycles. The number of carboxylic acids is 1. The predicted octanol–water partition coefficient (Wildman–Crippen LogP) is 8.78. The number of aliphatic hydroxyl groups is 3. The molecule has 1 rings (SSSR count). The number of aliphatic carboxylic acids is 1. The Hall–Kier alpha value is -2.42. The molecule has 0 radical (unpaired) electrons. The van der Waals surface area contributed by atoms with E-state index in [0.717, 1.165) is 77.0 Å². The van der Waals surface area contributed by atoms with Crippen LogP contribution in [0.1, 0.15) is 174 Å². The van der Waals surface area contributed by atoms with E-state index in [1.54, 1.807) is 6.08 Å². The van der Waals surface area contributed by atoms with Crippen LogP contribution in [-0.2, 0) is 37.5 Å². The van der Waals surface area contributed by atoms with E-state index in [9.17, 15) is 39.2 Å². The molecule has 0 saturated heterocycles. The van der Waals surface area contributed by atoms with E-state index < -0.39 is 76.0 Å². The Balaban J connectivity index is 2.45. The van der Waals surface area contributed by atoms with Gasteiger partial charge < -0.3 is 40.5 Å². The molecule has 15 heteroatoms. The molecule has 61 heavy (non-hydrogen) atoms. The Bertz CT molecular complexity index is 1290. The molecule has 0 aromatic heterocycles. The number of rotatable bonds is 39. The Kier molecular flexibility index (Phi) is 33.4. The SMILES string of the molecule is CCCCC/C=C\C/C=C\CCCCCCCCCC(=O)OC[C@H](COP(=O)(O)OC[C@H](N)C(=O)O)OC(=O)CCCCCC[C@@H]1[C@@H](/C=C/[C@@H](O)CCCCC)[C@H](O)C[C@@H]1O. The van der Waals surface area contributed by atoms with E-state index in [2.05, 4.69) is 42.7 Å². The van der Waals surface area contributed by atoms with Gasteiger partial charge in [0.2, 0.25) is 0 Å². The van der Waals surface area contributed by atoms with Crippen LogP contribution in [0.5, 0.6) is 0 Å². The fraction of sp³-hybridized carbons (Fsp3) is 0.804. The van der Waals surface area contributed by atoms with Crippen molar-refractivity contribution in [2.24, 2.45) is 17.6 Å². The molecular formula is C46H82NO13P. The van der Waals surface area contributed by atoms with Crippen molar-refractivity contribution in [2.75, 3.05) is 19.8 Å². The number of aliphatic hydroxyl groups excluding tert-OH is 3. The minimum Gasteiger partial charge on any atom is -0.480 e. The number of phosphoric ester groups is 1. The average Bonchev–Trinajstić information content (AvgIpc) is 3.49. The molecule has 8 atom stereocenters. The highest BCUT2D eigenvalue weighted by molar-refractivity contribution is 7.47. The topological polar surface area (TPSA) is 232 Å². The first-order chi connectivity index (χ1) is 29.3. The second kappa shape index (κ2) is 36.0. The molecule has 0 heterocycles. The first kappa shape index (κ1) is 56.6. The van der Waals surface area contributed by atoms with Crippen molar-refractivity contribution in [3.8, 4) is 0 Å². The Morgan fingerprint density at radius 2 is 1.28 bits per heavy atom. The van der Waals surface area contributed by atoms with Crippen molar-refractivity contribution in [2.45, 2.75) is 205 Å². The maximum Gasteiger partial charge on any atom is 0.472 e. The van der Waals surface area contributed by atoms with Gasteiger partial charge >= 0.3 is 25.7 Å². The number of hydrogen-bond donors (Lipinski definition) is 6. The quantitative estimate of drug-likeness (QED) is 0.0147. The zero-order valence-corrected chi connectivity index (χ0v) is 38.2. The first-order valence-electron chi connectivity index (χ1n) is 23.3. The van der Waals surface area contributed by atoms with Crippen LogP contribution in [0.4, 0.5) is 0 Å². The standard InChI is InChI=1S/C46H82NO13P/c1-3-5-7-8-9-10-11-12-13-14-15-16-17-18-19-20-25-29-44(51)57-34-38(35-58-61(55,56)59-36-41(47)46(53)54)60-45(52)30-26-22-21-24-28-39-40(43(50)33-42(39)49)32-31-37(48)27-23-6-4-2/h9-10,12-13,31-32,37-43,48-50H,3-8,11,14-30,33-36,47H2,1-2H3,(H,53,54)(H,55,56)/b10-9-,13-12-,32-31+/t37-,38+,39+,40+,41-,42-,43+/m0/s1.